The fraction of sp³-hybridized carbons (Fsp3) is 0.333. The van der Waals surface area contributed by atoms with Gasteiger partial charge in [-0.2, -0.15) is 0 Å². The first-order valence-corrected chi connectivity index (χ1v) is 8.01. The molecule has 7 heteroatoms. The Bertz CT molecular complexity index is 742. The maximum atomic E-state index is 14.1. The van der Waals surface area contributed by atoms with E-state index in [1.54, 1.807) is 36.5 Å². The molecule has 6 nitrogen and oxygen atoms in total. The van der Waals surface area contributed by atoms with Crippen LogP contribution in [-0.2, 0) is 6.54 Å². The number of halogens is 1. The summed E-state index contributed by atoms with van der Waals surface area (Å²) in [5.74, 6) is -0.222. The minimum absolute atomic E-state index is 0.300. The maximum Gasteiger partial charge on any atom is 0.270 e. The molecule has 3 rings (SSSR count). The zero-order chi connectivity index (χ0) is 17.8. The van der Waals surface area contributed by atoms with Crippen LogP contribution in [0, 0.1) is 5.82 Å². The van der Waals surface area contributed by atoms with Crippen molar-refractivity contribution in [3.05, 3.63) is 59.7 Å². The molecule has 2 N–H and O–H groups in total. The topological polar surface area (TPSA) is 74.7 Å². The normalized spacial score (nSPS) is 20.4. The molecule has 1 aromatic carbocycles. The van der Waals surface area contributed by atoms with Gasteiger partial charge in [-0.1, -0.05) is 12.1 Å². The van der Waals surface area contributed by atoms with Crippen LogP contribution in [0.15, 0.2) is 42.6 Å². The van der Waals surface area contributed by atoms with Crippen molar-refractivity contribution in [2.75, 3.05) is 20.2 Å². The van der Waals surface area contributed by atoms with Gasteiger partial charge < -0.3 is 15.2 Å². The summed E-state index contributed by atoms with van der Waals surface area (Å²) >= 11 is 0. The number of hydrogen-bond acceptors (Lipinski definition) is 5. The third kappa shape index (κ3) is 4.12. The van der Waals surface area contributed by atoms with Crippen molar-refractivity contribution in [3.63, 3.8) is 0 Å². The number of likely N-dealkylation sites (tertiary alicyclic amines) is 1. The van der Waals surface area contributed by atoms with Crippen molar-refractivity contribution in [1.82, 2.24) is 15.2 Å². The lowest BCUT2D eigenvalue weighted by atomic mass is 10.2. The van der Waals surface area contributed by atoms with Crippen molar-refractivity contribution in [3.8, 4) is 5.75 Å². The predicted octanol–water partition coefficient (Wildman–Crippen LogP) is 1.20. The summed E-state index contributed by atoms with van der Waals surface area (Å²) in [5.41, 5.74) is 0.819. The van der Waals surface area contributed by atoms with Crippen molar-refractivity contribution >= 4 is 5.91 Å². The van der Waals surface area contributed by atoms with Crippen LogP contribution in [0.4, 0.5) is 4.39 Å². The second kappa shape index (κ2) is 7.58. The number of benzene rings is 1. The fourth-order valence-corrected chi connectivity index (χ4v) is 2.90. The van der Waals surface area contributed by atoms with Gasteiger partial charge in [0.05, 0.1) is 19.3 Å². The molecule has 0 spiro atoms. The number of rotatable bonds is 5. The summed E-state index contributed by atoms with van der Waals surface area (Å²) in [6.07, 6.45) is 0.827. The zero-order valence-corrected chi connectivity index (χ0v) is 13.9. The van der Waals surface area contributed by atoms with E-state index in [0.29, 0.717) is 36.6 Å². The Morgan fingerprint density at radius 3 is 2.92 bits per heavy atom. The Morgan fingerprint density at radius 2 is 2.24 bits per heavy atom. The number of β-amino-alcohol motifs (C(OH)–C–C–N with tert-alkyl or cyclic N) is 1. The molecule has 1 aliphatic rings. The molecule has 1 aliphatic heterocycles. The Labute approximate surface area is 145 Å². The van der Waals surface area contributed by atoms with Crippen LogP contribution < -0.4 is 10.1 Å². The van der Waals surface area contributed by atoms with Crippen LogP contribution in [0.3, 0.4) is 0 Å². The van der Waals surface area contributed by atoms with Gasteiger partial charge in [-0.15, -0.1) is 0 Å². The van der Waals surface area contributed by atoms with Crippen LogP contribution in [0.25, 0.3) is 0 Å². The van der Waals surface area contributed by atoms with E-state index in [1.807, 2.05) is 4.90 Å². The van der Waals surface area contributed by atoms with Gasteiger partial charge in [0.1, 0.15) is 17.3 Å². The van der Waals surface area contributed by atoms with Gasteiger partial charge in [0.15, 0.2) is 0 Å². The number of amides is 1. The first-order chi connectivity index (χ1) is 12.1. The number of methoxy groups -OCH3 is 1. The molecule has 132 valence electrons. The molecule has 0 bridgehead atoms. The number of carbonyl (C=O) groups is 1. The number of nitrogens with one attached hydrogen (secondary N) is 1. The number of aliphatic hydroxyl groups excluding tert-OH is 1. The van der Waals surface area contributed by atoms with Crippen molar-refractivity contribution in [1.29, 1.82) is 0 Å². The number of hydrogen-bond donors (Lipinski definition) is 2. The van der Waals surface area contributed by atoms with E-state index in [0.717, 1.165) is 0 Å². The molecule has 25 heavy (non-hydrogen) atoms. The lowest BCUT2D eigenvalue weighted by Crippen LogP contribution is -2.43. The van der Waals surface area contributed by atoms with E-state index in [4.69, 9.17) is 4.74 Å². The lowest BCUT2D eigenvalue weighted by molar-refractivity contribution is 0.0883. The van der Waals surface area contributed by atoms with E-state index < -0.39 is 12.1 Å². The summed E-state index contributed by atoms with van der Waals surface area (Å²) in [7, 11) is 1.49. The molecule has 2 heterocycles. The minimum atomic E-state index is -0.714. The highest BCUT2D eigenvalue weighted by Crippen LogP contribution is 2.20. The monoisotopic (exact) mass is 345 g/mol. The molecule has 1 aromatic heterocycles. The van der Waals surface area contributed by atoms with Gasteiger partial charge in [-0.25, -0.2) is 4.39 Å². The number of aromatic nitrogens is 1. The van der Waals surface area contributed by atoms with Crippen LogP contribution in [-0.4, -0.2) is 53.2 Å². The summed E-state index contributed by atoms with van der Waals surface area (Å²) in [6, 6.07) is 9.35. The molecule has 0 unspecified atom stereocenters. The first-order valence-electron chi connectivity index (χ1n) is 8.01. The SMILES string of the molecule is COc1ccc(CN2C[C@@H](O)[C@H](NC(=O)c3ccccn3)C2)c(F)c1. The zero-order valence-electron chi connectivity index (χ0n) is 13.9. The summed E-state index contributed by atoms with van der Waals surface area (Å²) < 4.78 is 19.1. The van der Waals surface area contributed by atoms with Crippen LogP contribution in [0.2, 0.25) is 0 Å². The van der Waals surface area contributed by atoms with Crippen LogP contribution in [0.5, 0.6) is 5.75 Å². The summed E-state index contributed by atoms with van der Waals surface area (Å²) in [5, 5.41) is 13.0. The van der Waals surface area contributed by atoms with E-state index in [-0.39, 0.29) is 11.7 Å². The Kier molecular flexibility index (Phi) is 5.25. The second-order valence-corrected chi connectivity index (χ2v) is 6.01. The minimum Gasteiger partial charge on any atom is -0.497 e. The molecule has 1 amide bonds. The Balaban J connectivity index is 1.61. The number of carbonyl (C=O) groups excluding carboxylic acids is 1. The van der Waals surface area contributed by atoms with Crippen molar-refractivity contribution < 1.29 is 19.0 Å². The number of pyridine rings is 1. The van der Waals surface area contributed by atoms with E-state index >= 15 is 0 Å². The molecule has 0 aliphatic carbocycles. The lowest BCUT2D eigenvalue weighted by Gasteiger charge is -2.17. The van der Waals surface area contributed by atoms with Crippen LogP contribution in [0.1, 0.15) is 16.1 Å². The summed E-state index contributed by atoms with van der Waals surface area (Å²) in [4.78, 5) is 18.1. The average molecular weight is 345 g/mol. The van der Waals surface area contributed by atoms with Gasteiger partial charge in [0.2, 0.25) is 0 Å². The number of ether oxygens (including phenoxy) is 1. The highest BCUT2D eigenvalue weighted by Gasteiger charge is 2.33. The third-order valence-electron chi connectivity index (χ3n) is 4.23. The molecular formula is C18H20FN3O3. The molecule has 2 aromatic rings. The number of aliphatic hydroxyl groups is 1. The molecular weight excluding hydrogens is 325 g/mol. The average Bonchev–Trinajstić information content (AvgIpc) is 2.96. The van der Waals surface area contributed by atoms with E-state index in [2.05, 4.69) is 10.3 Å². The van der Waals surface area contributed by atoms with Gasteiger partial charge in [-0.3, -0.25) is 14.7 Å². The van der Waals surface area contributed by atoms with Gasteiger partial charge in [0, 0.05) is 37.5 Å². The van der Waals surface area contributed by atoms with E-state index in [9.17, 15) is 14.3 Å². The maximum absolute atomic E-state index is 14.1. The first kappa shape index (κ1) is 17.3. The second-order valence-electron chi connectivity index (χ2n) is 6.01. The van der Waals surface area contributed by atoms with Gasteiger partial charge >= 0.3 is 0 Å². The molecule has 1 fully saturated rings. The van der Waals surface area contributed by atoms with Crippen molar-refractivity contribution in [2.45, 2.75) is 18.7 Å². The standard InChI is InChI=1S/C18H20FN3O3/c1-25-13-6-5-12(14(19)8-13)9-22-10-16(17(23)11-22)21-18(24)15-4-2-3-7-20-15/h2-8,16-17,23H,9-11H2,1H3,(H,21,24)/t16-,17-/m1/s1. The highest BCUT2D eigenvalue weighted by atomic mass is 19.1. The Morgan fingerprint density at radius 1 is 1.40 bits per heavy atom. The number of nitrogens with zero attached hydrogens (tertiary/aromatic N) is 2. The van der Waals surface area contributed by atoms with Gasteiger partial charge in [-0.05, 0) is 18.2 Å². The molecule has 1 saturated heterocycles. The van der Waals surface area contributed by atoms with Crippen LogP contribution >= 0.6 is 0 Å². The smallest absolute Gasteiger partial charge is 0.270 e. The molecule has 0 saturated carbocycles. The third-order valence-corrected chi connectivity index (χ3v) is 4.23. The predicted molar refractivity (Wildman–Crippen MR) is 89.7 cm³/mol. The fourth-order valence-electron chi connectivity index (χ4n) is 2.90. The van der Waals surface area contributed by atoms with Gasteiger partial charge in [0.25, 0.3) is 5.91 Å². The quantitative estimate of drug-likeness (QED) is 0.852. The summed E-state index contributed by atoms with van der Waals surface area (Å²) in [6.45, 7) is 1.15. The largest absolute Gasteiger partial charge is 0.497 e. The molecule has 2 atom stereocenters. The molecule has 0 radical (unpaired) electrons. The van der Waals surface area contributed by atoms with E-state index in [1.165, 1.54) is 13.2 Å². The van der Waals surface area contributed by atoms with Crippen molar-refractivity contribution in [2.24, 2.45) is 0 Å². The highest BCUT2D eigenvalue weighted by molar-refractivity contribution is 5.92. The Hall–Kier alpha value is -2.51.